The van der Waals surface area contributed by atoms with Crippen LogP contribution < -0.4 is 0 Å². The number of allylic oxidation sites excluding steroid dienone is 2. The van der Waals surface area contributed by atoms with Crippen LogP contribution in [-0.2, 0) is 9.59 Å². The summed E-state index contributed by atoms with van der Waals surface area (Å²) in [5, 5.41) is 8.63. The third-order valence-electron chi connectivity index (χ3n) is 3.06. The summed E-state index contributed by atoms with van der Waals surface area (Å²) in [4.78, 5) is 22.3. The molecule has 1 aliphatic carbocycles. The van der Waals surface area contributed by atoms with Crippen molar-refractivity contribution in [3.8, 4) is 0 Å². The topological polar surface area (TPSA) is 54.4 Å². The summed E-state index contributed by atoms with van der Waals surface area (Å²) < 4.78 is 0. The minimum absolute atomic E-state index is 0.0761. The van der Waals surface area contributed by atoms with Crippen LogP contribution in [0.2, 0.25) is 0 Å². The zero-order valence-electron chi connectivity index (χ0n) is 9.54. The van der Waals surface area contributed by atoms with Gasteiger partial charge < -0.3 is 5.11 Å². The van der Waals surface area contributed by atoms with Gasteiger partial charge >= 0.3 is 5.97 Å². The Bertz CT molecular complexity index is 313. The Hall–Kier alpha value is -1.12. The van der Waals surface area contributed by atoms with Crippen molar-refractivity contribution in [2.24, 2.45) is 11.3 Å². The predicted molar refractivity (Wildman–Crippen MR) is 57.5 cm³/mol. The number of carbonyl (C=O) groups is 2. The maximum Gasteiger partial charge on any atom is 0.303 e. The Morgan fingerprint density at radius 2 is 2.20 bits per heavy atom. The van der Waals surface area contributed by atoms with Gasteiger partial charge in [-0.2, -0.15) is 0 Å². The summed E-state index contributed by atoms with van der Waals surface area (Å²) in [6, 6.07) is 0. The van der Waals surface area contributed by atoms with E-state index in [0.29, 0.717) is 6.42 Å². The normalized spacial score (nSPS) is 24.9. The van der Waals surface area contributed by atoms with Crippen LogP contribution in [0.5, 0.6) is 0 Å². The lowest BCUT2D eigenvalue weighted by Crippen LogP contribution is -2.34. The Morgan fingerprint density at radius 3 is 2.67 bits per heavy atom. The maximum atomic E-state index is 11.8. The molecule has 0 aliphatic heterocycles. The van der Waals surface area contributed by atoms with E-state index in [1.165, 1.54) is 0 Å². The summed E-state index contributed by atoms with van der Waals surface area (Å²) in [5.74, 6) is -0.882. The molecule has 15 heavy (non-hydrogen) atoms. The molecule has 0 fully saturated rings. The summed E-state index contributed by atoms with van der Waals surface area (Å²) in [6.07, 6.45) is 3.07. The molecule has 0 spiro atoms. The number of hydrogen-bond donors (Lipinski definition) is 1. The van der Waals surface area contributed by atoms with Crippen molar-refractivity contribution >= 4 is 11.8 Å². The monoisotopic (exact) mass is 210 g/mol. The van der Waals surface area contributed by atoms with Crippen molar-refractivity contribution in [3.63, 3.8) is 0 Å². The molecule has 0 aromatic rings. The highest BCUT2D eigenvalue weighted by molar-refractivity contribution is 5.94. The van der Waals surface area contributed by atoms with Gasteiger partial charge in [0, 0.05) is 12.3 Å². The first kappa shape index (κ1) is 12.0. The lowest BCUT2D eigenvalue weighted by atomic mass is 9.67. The van der Waals surface area contributed by atoms with E-state index >= 15 is 0 Å². The molecule has 0 heterocycles. The Labute approximate surface area is 90.2 Å². The molecule has 0 aromatic heterocycles. The number of carbonyl (C=O) groups excluding carboxylic acids is 1. The number of rotatable bonds is 3. The molecule has 0 saturated heterocycles. The van der Waals surface area contributed by atoms with Crippen LogP contribution in [0, 0.1) is 11.3 Å². The fourth-order valence-electron chi connectivity index (χ4n) is 2.42. The molecule has 1 N–H and O–H groups in total. The van der Waals surface area contributed by atoms with Gasteiger partial charge in [-0.05, 0) is 31.3 Å². The molecule has 1 atom stereocenters. The van der Waals surface area contributed by atoms with E-state index < -0.39 is 5.97 Å². The first-order valence-electron chi connectivity index (χ1n) is 5.26. The molecule has 0 amide bonds. The molecule has 0 unspecified atom stereocenters. The first-order chi connectivity index (χ1) is 6.83. The van der Waals surface area contributed by atoms with E-state index in [9.17, 15) is 9.59 Å². The second-order valence-corrected chi connectivity index (χ2v) is 5.04. The molecule has 3 heteroatoms. The van der Waals surface area contributed by atoms with Crippen LogP contribution in [0.4, 0.5) is 0 Å². The van der Waals surface area contributed by atoms with Crippen molar-refractivity contribution in [1.29, 1.82) is 0 Å². The summed E-state index contributed by atoms with van der Waals surface area (Å²) in [6.45, 7) is 6.02. The lowest BCUT2D eigenvalue weighted by Gasteiger charge is -2.36. The van der Waals surface area contributed by atoms with E-state index in [1.54, 1.807) is 6.08 Å². The van der Waals surface area contributed by atoms with Crippen LogP contribution in [0.3, 0.4) is 0 Å². The van der Waals surface area contributed by atoms with Gasteiger partial charge in [0.05, 0.1) is 0 Å². The molecule has 1 rings (SSSR count). The van der Waals surface area contributed by atoms with Gasteiger partial charge in [0.1, 0.15) is 0 Å². The smallest absolute Gasteiger partial charge is 0.303 e. The quantitative estimate of drug-likeness (QED) is 0.778. The van der Waals surface area contributed by atoms with Crippen molar-refractivity contribution < 1.29 is 14.7 Å². The van der Waals surface area contributed by atoms with Crippen molar-refractivity contribution in [2.75, 3.05) is 0 Å². The van der Waals surface area contributed by atoms with Crippen molar-refractivity contribution in [2.45, 2.75) is 40.0 Å². The molecule has 0 bridgehead atoms. The van der Waals surface area contributed by atoms with Crippen LogP contribution >= 0.6 is 0 Å². The van der Waals surface area contributed by atoms with Crippen LogP contribution in [-0.4, -0.2) is 16.9 Å². The molecular formula is C12H18O3. The number of carboxylic acids is 1. The molecular weight excluding hydrogens is 192 g/mol. The van der Waals surface area contributed by atoms with Gasteiger partial charge in [-0.15, -0.1) is 0 Å². The van der Waals surface area contributed by atoms with Gasteiger partial charge in [-0.1, -0.05) is 19.4 Å². The van der Waals surface area contributed by atoms with Crippen molar-refractivity contribution in [3.05, 3.63) is 11.6 Å². The Kier molecular flexibility index (Phi) is 3.32. The summed E-state index contributed by atoms with van der Waals surface area (Å²) in [7, 11) is 0. The van der Waals surface area contributed by atoms with Gasteiger partial charge in [0.15, 0.2) is 5.78 Å². The number of aliphatic carboxylic acids is 1. The highest BCUT2D eigenvalue weighted by atomic mass is 16.4. The number of carboxylic acid groups (broad SMARTS) is 1. The summed E-state index contributed by atoms with van der Waals surface area (Å²) in [5.41, 5.74) is 0.988. The lowest BCUT2D eigenvalue weighted by molar-refractivity contribution is -0.137. The van der Waals surface area contributed by atoms with E-state index in [4.69, 9.17) is 5.11 Å². The van der Waals surface area contributed by atoms with Gasteiger partial charge in [-0.25, -0.2) is 0 Å². The average molecular weight is 210 g/mol. The van der Waals surface area contributed by atoms with E-state index in [0.717, 1.165) is 12.0 Å². The fraction of sp³-hybridized carbons (Fsp3) is 0.667. The maximum absolute atomic E-state index is 11.8. The first-order valence-corrected chi connectivity index (χ1v) is 5.26. The second-order valence-electron chi connectivity index (χ2n) is 5.04. The second kappa shape index (κ2) is 4.17. The summed E-state index contributed by atoms with van der Waals surface area (Å²) >= 11 is 0. The fourth-order valence-corrected chi connectivity index (χ4v) is 2.42. The number of ketones is 1. The van der Waals surface area contributed by atoms with Crippen LogP contribution in [0.15, 0.2) is 11.6 Å². The molecule has 0 aromatic carbocycles. The predicted octanol–water partition coefficient (Wildman–Crippen LogP) is 2.41. The Balaban J connectivity index is 2.77. The van der Waals surface area contributed by atoms with E-state index in [2.05, 4.69) is 0 Å². The van der Waals surface area contributed by atoms with Gasteiger partial charge in [0.2, 0.25) is 0 Å². The largest absolute Gasteiger partial charge is 0.481 e. The number of hydrogen-bond acceptors (Lipinski definition) is 2. The highest BCUT2D eigenvalue weighted by Gasteiger charge is 2.37. The minimum atomic E-state index is -0.829. The molecule has 0 saturated carbocycles. The van der Waals surface area contributed by atoms with Gasteiger partial charge in [-0.3, -0.25) is 9.59 Å². The third kappa shape index (κ3) is 2.91. The van der Waals surface area contributed by atoms with Gasteiger partial charge in [0.25, 0.3) is 0 Å². The molecule has 3 nitrogen and oxygen atoms in total. The van der Waals surface area contributed by atoms with Crippen LogP contribution in [0.25, 0.3) is 0 Å². The minimum Gasteiger partial charge on any atom is -0.481 e. The van der Waals surface area contributed by atoms with E-state index in [1.807, 2.05) is 20.8 Å². The zero-order valence-corrected chi connectivity index (χ0v) is 9.54. The highest BCUT2D eigenvalue weighted by Crippen LogP contribution is 2.40. The standard InChI is InChI=1S/C12H18O3/c1-8-6-10(13)9(4-5-11(14)15)12(2,3)7-8/h6,9H,4-5,7H2,1-3H3,(H,14,15)/t9-/m1/s1. The average Bonchev–Trinajstić information content (AvgIpc) is 1.98. The third-order valence-corrected chi connectivity index (χ3v) is 3.06. The van der Waals surface area contributed by atoms with E-state index in [-0.39, 0.29) is 23.5 Å². The molecule has 84 valence electrons. The molecule has 1 aliphatic rings. The Morgan fingerprint density at radius 1 is 1.60 bits per heavy atom. The SMILES string of the molecule is CC1=CC(=O)[C@@H](CCC(=O)O)C(C)(C)C1. The van der Waals surface area contributed by atoms with Crippen molar-refractivity contribution in [1.82, 2.24) is 0 Å². The van der Waals surface area contributed by atoms with Crippen LogP contribution in [0.1, 0.15) is 40.0 Å². The zero-order chi connectivity index (χ0) is 11.6. The molecule has 0 radical (unpaired) electrons.